The first-order valence-electron chi connectivity index (χ1n) is 8.98. The first-order valence-corrected chi connectivity index (χ1v) is 9.80. The lowest BCUT2D eigenvalue weighted by Crippen LogP contribution is -2.46. The van der Waals surface area contributed by atoms with Crippen LogP contribution in [0.3, 0.4) is 0 Å². The molecule has 10 heteroatoms. The summed E-state index contributed by atoms with van der Waals surface area (Å²) in [6.07, 6.45) is -6.56. The lowest BCUT2D eigenvalue weighted by molar-refractivity contribution is -0.269. The maximum atomic E-state index is 13.7. The van der Waals surface area contributed by atoms with Crippen molar-refractivity contribution in [1.82, 2.24) is 9.88 Å². The van der Waals surface area contributed by atoms with Gasteiger partial charge in [-0.3, -0.25) is 9.59 Å². The summed E-state index contributed by atoms with van der Waals surface area (Å²) >= 11 is 0.646. The van der Waals surface area contributed by atoms with Crippen LogP contribution in [0.2, 0.25) is 0 Å². The van der Waals surface area contributed by atoms with Crippen LogP contribution >= 0.6 is 11.3 Å². The van der Waals surface area contributed by atoms with Crippen molar-refractivity contribution < 1.29 is 32.6 Å². The molecule has 1 atom stereocenters. The van der Waals surface area contributed by atoms with E-state index in [0.29, 0.717) is 16.0 Å². The fourth-order valence-electron chi connectivity index (χ4n) is 3.00. The normalized spacial score (nSPS) is 14.3. The lowest BCUT2D eigenvalue weighted by Gasteiger charge is -2.31. The number of nitrogens with zero attached hydrogens (tertiary/aromatic N) is 2. The number of hydrogen-bond acceptors (Lipinski definition) is 6. The first kappa shape index (κ1) is 23.1. The lowest BCUT2D eigenvalue weighted by atomic mass is 10.00. The van der Waals surface area contributed by atoms with E-state index in [4.69, 9.17) is 4.74 Å². The van der Waals surface area contributed by atoms with E-state index < -0.39 is 41.7 Å². The molecular formula is C19H23F3N2O4S. The topological polar surface area (TPSA) is 79.7 Å². The van der Waals surface area contributed by atoms with E-state index in [2.05, 4.69) is 4.98 Å². The molecule has 0 saturated heterocycles. The van der Waals surface area contributed by atoms with Gasteiger partial charge < -0.3 is 14.7 Å². The minimum Gasteiger partial charge on any atom is -0.455 e. The van der Waals surface area contributed by atoms with Gasteiger partial charge in [-0.1, -0.05) is 12.1 Å². The largest absolute Gasteiger partial charge is 0.455 e. The van der Waals surface area contributed by atoms with Gasteiger partial charge in [0.25, 0.3) is 5.91 Å². The second-order valence-corrected chi connectivity index (χ2v) is 8.20. The SMILES string of the molecule is CC(C)N(C(=O)COC(=O)C[C@](O)(c1nc2ccccc2s1)C(F)(F)F)C(C)C. The average Bonchev–Trinajstić information content (AvgIpc) is 3.03. The third-order valence-corrected chi connectivity index (χ3v) is 5.46. The highest BCUT2D eigenvalue weighted by Crippen LogP contribution is 2.44. The quantitative estimate of drug-likeness (QED) is 0.676. The number of benzene rings is 1. The van der Waals surface area contributed by atoms with E-state index in [1.165, 1.54) is 11.0 Å². The van der Waals surface area contributed by atoms with Crippen LogP contribution < -0.4 is 0 Å². The fourth-order valence-corrected chi connectivity index (χ4v) is 4.07. The van der Waals surface area contributed by atoms with Crippen LogP contribution in [0.5, 0.6) is 0 Å². The molecule has 29 heavy (non-hydrogen) atoms. The molecule has 0 unspecified atom stereocenters. The van der Waals surface area contributed by atoms with Gasteiger partial charge in [-0.05, 0) is 39.8 Å². The van der Waals surface area contributed by atoms with Gasteiger partial charge in [0.05, 0.1) is 16.6 Å². The van der Waals surface area contributed by atoms with Crippen molar-refractivity contribution in [2.75, 3.05) is 6.61 Å². The highest BCUT2D eigenvalue weighted by Gasteiger charge is 2.58. The van der Waals surface area contributed by atoms with E-state index in [9.17, 15) is 27.9 Å². The molecule has 0 bridgehead atoms. The predicted octanol–water partition coefficient (Wildman–Crippen LogP) is 3.62. The molecular weight excluding hydrogens is 409 g/mol. The van der Waals surface area contributed by atoms with Crippen LogP contribution in [0, 0.1) is 0 Å². The summed E-state index contributed by atoms with van der Waals surface area (Å²) in [6.45, 7) is 6.39. The zero-order valence-corrected chi connectivity index (χ0v) is 17.3. The zero-order valence-electron chi connectivity index (χ0n) is 16.5. The van der Waals surface area contributed by atoms with Crippen LogP contribution in [0.15, 0.2) is 24.3 Å². The summed E-state index contributed by atoms with van der Waals surface area (Å²) in [5, 5.41) is 9.72. The van der Waals surface area contributed by atoms with Gasteiger partial charge in [0.2, 0.25) is 5.60 Å². The highest BCUT2D eigenvalue weighted by atomic mass is 32.1. The number of halogens is 3. The molecule has 2 rings (SSSR count). The van der Waals surface area contributed by atoms with Crippen LogP contribution in [-0.4, -0.2) is 51.7 Å². The van der Waals surface area contributed by atoms with Crippen molar-refractivity contribution in [2.24, 2.45) is 0 Å². The molecule has 0 spiro atoms. The average molecular weight is 432 g/mol. The highest BCUT2D eigenvalue weighted by molar-refractivity contribution is 7.18. The van der Waals surface area contributed by atoms with Gasteiger partial charge in [-0.15, -0.1) is 11.3 Å². The van der Waals surface area contributed by atoms with Crippen molar-refractivity contribution in [2.45, 2.75) is 58.0 Å². The molecule has 1 aromatic heterocycles. The fraction of sp³-hybridized carbons (Fsp3) is 0.526. The summed E-state index contributed by atoms with van der Waals surface area (Å²) in [6, 6.07) is 5.97. The Morgan fingerprint density at radius 2 is 1.76 bits per heavy atom. The van der Waals surface area contributed by atoms with E-state index in [1.54, 1.807) is 45.9 Å². The molecule has 1 amide bonds. The number of esters is 1. The molecule has 1 N–H and O–H groups in total. The molecule has 1 heterocycles. The Kier molecular flexibility index (Phi) is 6.89. The minimum atomic E-state index is -5.16. The number of aliphatic hydroxyl groups is 1. The Hall–Kier alpha value is -2.20. The molecule has 0 aliphatic rings. The second-order valence-electron chi connectivity index (χ2n) is 7.17. The summed E-state index contributed by atoms with van der Waals surface area (Å²) in [5.74, 6) is -1.87. The number of hydrogen-bond donors (Lipinski definition) is 1. The van der Waals surface area contributed by atoms with Gasteiger partial charge in [0.15, 0.2) is 6.61 Å². The molecule has 0 aliphatic heterocycles. The molecule has 0 fully saturated rings. The van der Waals surface area contributed by atoms with Crippen LogP contribution in [0.1, 0.15) is 39.1 Å². The number of ether oxygens (including phenoxy) is 1. The van der Waals surface area contributed by atoms with Crippen molar-refractivity contribution in [3.05, 3.63) is 29.3 Å². The number of para-hydroxylation sites is 1. The third kappa shape index (κ3) is 5.05. The number of amides is 1. The number of carbonyl (C=O) groups excluding carboxylic acids is 2. The number of aromatic nitrogens is 1. The van der Waals surface area contributed by atoms with Crippen molar-refractivity contribution in [3.63, 3.8) is 0 Å². The van der Waals surface area contributed by atoms with E-state index in [-0.39, 0.29) is 17.6 Å². The van der Waals surface area contributed by atoms with Gasteiger partial charge >= 0.3 is 12.1 Å². The Bertz CT molecular complexity index is 841. The van der Waals surface area contributed by atoms with Gasteiger partial charge in [-0.2, -0.15) is 13.2 Å². The minimum absolute atomic E-state index is 0.170. The van der Waals surface area contributed by atoms with E-state index >= 15 is 0 Å². The summed E-state index contributed by atoms with van der Waals surface area (Å²) in [7, 11) is 0. The van der Waals surface area contributed by atoms with Crippen LogP contribution in [-0.2, 0) is 19.9 Å². The van der Waals surface area contributed by atoms with Crippen molar-refractivity contribution >= 4 is 33.4 Å². The summed E-state index contributed by atoms with van der Waals surface area (Å²) < 4.78 is 46.2. The Balaban J connectivity index is 2.18. The number of rotatable bonds is 7. The molecule has 0 aliphatic carbocycles. The third-order valence-electron chi connectivity index (χ3n) is 4.27. The Morgan fingerprint density at radius 1 is 1.17 bits per heavy atom. The van der Waals surface area contributed by atoms with Gasteiger partial charge in [0.1, 0.15) is 5.01 Å². The molecule has 0 saturated carbocycles. The maximum Gasteiger partial charge on any atom is 0.424 e. The van der Waals surface area contributed by atoms with E-state index in [1.807, 2.05) is 0 Å². The number of alkyl halides is 3. The van der Waals surface area contributed by atoms with Gasteiger partial charge in [-0.25, -0.2) is 4.98 Å². The Morgan fingerprint density at radius 3 is 2.28 bits per heavy atom. The van der Waals surface area contributed by atoms with Crippen molar-refractivity contribution in [1.29, 1.82) is 0 Å². The first-order chi connectivity index (χ1) is 13.4. The molecule has 6 nitrogen and oxygen atoms in total. The zero-order chi connectivity index (χ0) is 22.0. The number of fused-ring (bicyclic) bond motifs is 1. The van der Waals surface area contributed by atoms with E-state index in [0.717, 1.165) is 0 Å². The van der Waals surface area contributed by atoms with Crippen molar-refractivity contribution in [3.8, 4) is 0 Å². The second kappa shape index (κ2) is 8.66. The summed E-state index contributed by atoms with van der Waals surface area (Å²) in [4.78, 5) is 29.6. The summed E-state index contributed by atoms with van der Waals surface area (Å²) in [5.41, 5.74) is -3.23. The Labute approximate surface area is 170 Å². The van der Waals surface area contributed by atoms with Gasteiger partial charge in [0, 0.05) is 12.1 Å². The molecule has 0 radical (unpaired) electrons. The number of carbonyl (C=O) groups is 2. The number of thiazole rings is 1. The molecule has 2 aromatic rings. The smallest absolute Gasteiger partial charge is 0.424 e. The predicted molar refractivity (Wildman–Crippen MR) is 102 cm³/mol. The molecule has 1 aromatic carbocycles. The molecule has 160 valence electrons. The van der Waals surface area contributed by atoms with Crippen LogP contribution in [0.25, 0.3) is 10.2 Å². The maximum absolute atomic E-state index is 13.7. The monoisotopic (exact) mass is 432 g/mol. The standard InChI is InChI=1S/C19H23F3N2O4S/c1-11(2)24(12(3)4)15(25)10-28-16(26)9-18(27,19(20,21)22)17-23-13-7-5-6-8-14(13)29-17/h5-8,11-12,27H,9-10H2,1-4H3/t18-/m0/s1. The van der Waals surface area contributed by atoms with Crippen LogP contribution in [0.4, 0.5) is 13.2 Å².